The van der Waals surface area contributed by atoms with Gasteiger partial charge in [-0.2, -0.15) is 0 Å². The molecular weight excluding hydrogens is 293 g/mol. The van der Waals surface area contributed by atoms with Gasteiger partial charge in [-0.1, -0.05) is 26.0 Å². The van der Waals surface area contributed by atoms with E-state index < -0.39 is 10.8 Å². The second kappa shape index (κ2) is 6.59. The van der Waals surface area contributed by atoms with E-state index in [0.29, 0.717) is 11.7 Å². The molecule has 0 amide bonds. The van der Waals surface area contributed by atoms with Gasteiger partial charge in [0.05, 0.1) is 21.7 Å². The number of halogens is 1. The summed E-state index contributed by atoms with van der Waals surface area (Å²) in [6.45, 7) is 6.10. The lowest BCUT2D eigenvalue weighted by molar-refractivity contribution is 0.626. The Kier molecular flexibility index (Phi) is 5.05. The Labute approximate surface area is 125 Å². The van der Waals surface area contributed by atoms with E-state index >= 15 is 0 Å². The summed E-state index contributed by atoms with van der Waals surface area (Å²) in [4.78, 5) is 4.51. The highest BCUT2D eigenvalue weighted by Crippen LogP contribution is 2.24. The zero-order valence-corrected chi connectivity index (χ0v) is 13.4. The van der Waals surface area contributed by atoms with Gasteiger partial charge in [-0.3, -0.25) is 4.21 Å². The van der Waals surface area contributed by atoms with E-state index in [2.05, 4.69) is 18.8 Å². The molecule has 0 unspecified atom stereocenters. The first-order valence-corrected chi connectivity index (χ1v) is 8.80. The lowest BCUT2D eigenvalue weighted by Crippen LogP contribution is -2.06. The molecule has 0 fully saturated rings. The number of thiazole rings is 1. The molecule has 2 nitrogen and oxygen atoms in total. The Morgan fingerprint density at radius 3 is 2.45 bits per heavy atom. The van der Waals surface area contributed by atoms with Crippen molar-refractivity contribution in [2.45, 2.75) is 37.7 Å². The summed E-state index contributed by atoms with van der Waals surface area (Å²) in [5.74, 6) is 0.575. The van der Waals surface area contributed by atoms with Crippen molar-refractivity contribution < 1.29 is 8.60 Å². The molecule has 0 spiro atoms. The molecule has 5 heteroatoms. The Balaban J connectivity index is 2.05. The molecule has 0 saturated heterocycles. The van der Waals surface area contributed by atoms with Crippen LogP contribution in [0.2, 0.25) is 0 Å². The van der Waals surface area contributed by atoms with Crippen molar-refractivity contribution in [1.82, 2.24) is 4.98 Å². The first-order valence-electron chi connectivity index (χ1n) is 6.54. The van der Waals surface area contributed by atoms with Gasteiger partial charge in [0.15, 0.2) is 0 Å². The molecule has 0 saturated carbocycles. The Bertz CT molecular complexity index is 592. The second-order valence-electron chi connectivity index (χ2n) is 5.05. The van der Waals surface area contributed by atoms with Crippen LogP contribution in [0.25, 0.3) is 0 Å². The van der Waals surface area contributed by atoms with Gasteiger partial charge in [0, 0.05) is 22.1 Å². The second-order valence-corrected chi connectivity index (χ2v) is 7.70. The first kappa shape index (κ1) is 15.3. The summed E-state index contributed by atoms with van der Waals surface area (Å²) in [5, 5.41) is 2.93. The maximum Gasteiger partial charge on any atom is 0.123 e. The van der Waals surface area contributed by atoms with Gasteiger partial charge in [0.1, 0.15) is 5.82 Å². The van der Waals surface area contributed by atoms with E-state index in [-0.39, 0.29) is 11.1 Å². The molecule has 108 valence electrons. The van der Waals surface area contributed by atoms with E-state index in [4.69, 9.17) is 0 Å². The Hall–Kier alpha value is -1.07. The largest absolute Gasteiger partial charge is 0.259 e. The quantitative estimate of drug-likeness (QED) is 0.818. The van der Waals surface area contributed by atoms with Gasteiger partial charge >= 0.3 is 0 Å². The lowest BCUT2D eigenvalue weighted by atomic mass is 10.2. The molecule has 0 aliphatic rings. The minimum absolute atomic E-state index is 0.125. The van der Waals surface area contributed by atoms with Crippen LogP contribution in [0, 0.1) is 5.82 Å². The van der Waals surface area contributed by atoms with Gasteiger partial charge in [0.25, 0.3) is 0 Å². The normalized spacial score (nSPS) is 14.4. The molecule has 1 aromatic carbocycles. The van der Waals surface area contributed by atoms with Gasteiger partial charge in [-0.05, 0) is 24.6 Å². The summed E-state index contributed by atoms with van der Waals surface area (Å²) >= 11 is 1.61. The summed E-state index contributed by atoms with van der Waals surface area (Å²) in [5.41, 5.74) is 1.77. The summed E-state index contributed by atoms with van der Waals surface area (Å²) < 4.78 is 25.3. The lowest BCUT2D eigenvalue weighted by Gasteiger charge is -2.11. The fourth-order valence-corrected chi connectivity index (χ4v) is 3.90. The number of rotatable bonds is 5. The SMILES string of the molecule is CC(C)c1nc(C[S@@](=O)[C@H](C)c2ccc(F)cc2)cs1. The minimum atomic E-state index is -1.05. The molecular formula is C15H18FNOS2. The maximum absolute atomic E-state index is 12.9. The third kappa shape index (κ3) is 3.73. The molecule has 1 heterocycles. The van der Waals surface area contributed by atoms with Crippen molar-refractivity contribution in [2.75, 3.05) is 0 Å². The average molecular weight is 311 g/mol. The van der Waals surface area contributed by atoms with Crippen LogP contribution < -0.4 is 0 Å². The van der Waals surface area contributed by atoms with Crippen LogP contribution in [0.3, 0.4) is 0 Å². The standard InChI is InChI=1S/C15H18FNOS2/c1-10(2)15-17-14(8-19-15)9-20(18)11(3)12-4-6-13(16)7-5-12/h4-8,10-11H,9H2,1-3H3/t11-,20-/m1/s1. The molecule has 0 radical (unpaired) electrons. The van der Waals surface area contributed by atoms with Crippen molar-refractivity contribution in [3.63, 3.8) is 0 Å². The zero-order chi connectivity index (χ0) is 14.7. The molecule has 20 heavy (non-hydrogen) atoms. The van der Waals surface area contributed by atoms with Gasteiger partial charge in [0.2, 0.25) is 0 Å². The van der Waals surface area contributed by atoms with Crippen molar-refractivity contribution in [3.05, 3.63) is 51.7 Å². The monoisotopic (exact) mass is 311 g/mol. The Morgan fingerprint density at radius 1 is 1.25 bits per heavy atom. The van der Waals surface area contributed by atoms with Crippen LogP contribution in [-0.4, -0.2) is 9.19 Å². The molecule has 2 aromatic rings. The summed E-state index contributed by atoms with van der Waals surface area (Å²) in [6, 6.07) is 6.20. The van der Waals surface area contributed by atoms with Crippen molar-refractivity contribution in [3.8, 4) is 0 Å². The fraction of sp³-hybridized carbons (Fsp3) is 0.400. The molecule has 0 aliphatic carbocycles. The van der Waals surface area contributed by atoms with E-state index in [1.165, 1.54) is 12.1 Å². The highest BCUT2D eigenvalue weighted by molar-refractivity contribution is 7.84. The third-order valence-corrected chi connectivity index (χ3v) is 5.92. The first-order chi connectivity index (χ1) is 9.47. The predicted octanol–water partition coefficient (Wildman–Crippen LogP) is 4.42. The van der Waals surface area contributed by atoms with Gasteiger partial charge < -0.3 is 0 Å². The maximum atomic E-state index is 12.9. The number of benzene rings is 1. The highest BCUT2D eigenvalue weighted by Gasteiger charge is 2.16. The van der Waals surface area contributed by atoms with Crippen molar-refractivity contribution >= 4 is 22.1 Å². The van der Waals surface area contributed by atoms with Crippen LogP contribution in [0.15, 0.2) is 29.6 Å². The minimum Gasteiger partial charge on any atom is -0.259 e. The zero-order valence-electron chi connectivity index (χ0n) is 11.8. The van der Waals surface area contributed by atoms with Crippen molar-refractivity contribution in [2.24, 2.45) is 0 Å². The van der Waals surface area contributed by atoms with Crippen molar-refractivity contribution in [1.29, 1.82) is 0 Å². The number of aromatic nitrogens is 1. The molecule has 2 atom stereocenters. The van der Waals surface area contributed by atoms with Crippen LogP contribution in [-0.2, 0) is 16.6 Å². The van der Waals surface area contributed by atoms with Gasteiger partial charge in [-0.25, -0.2) is 9.37 Å². The smallest absolute Gasteiger partial charge is 0.123 e. The topological polar surface area (TPSA) is 30.0 Å². The molecule has 0 bridgehead atoms. The number of nitrogens with zero attached hydrogens (tertiary/aromatic N) is 1. The highest BCUT2D eigenvalue weighted by atomic mass is 32.2. The molecule has 1 aromatic heterocycles. The van der Waals surface area contributed by atoms with Crippen LogP contribution in [0.1, 0.15) is 48.2 Å². The Morgan fingerprint density at radius 2 is 1.90 bits per heavy atom. The van der Waals surface area contributed by atoms with E-state index in [9.17, 15) is 8.60 Å². The van der Waals surface area contributed by atoms with Crippen LogP contribution in [0.5, 0.6) is 0 Å². The summed E-state index contributed by atoms with van der Waals surface area (Å²) in [7, 11) is -1.05. The third-order valence-electron chi connectivity index (χ3n) is 3.09. The van der Waals surface area contributed by atoms with E-state index in [1.807, 2.05) is 12.3 Å². The number of hydrogen-bond acceptors (Lipinski definition) is 3. The fourth-order valence-electron chi connectivity index (χ4n) is 1.81. The summed E-state index contributed by atoms with van der Waals surface area (Å²) in [6.07, 6.45) is 0. The van der Waals surface area contributed by atoms with E-state index in [0.717, 1.165) is 16.3 Å². The van der Waals surface area contributed by atoms with E-state index in [1.54, 1.807) is 23.5 Å². The number of hydrogen-bond donors (Lipinski definition) is 0. The average Bonchev–Trinajstić information content (AvgIpc) is 2.87. The molecule has 0 N–H and O–H groups in total. The molecule has 0 aliphatic heterocycles. The van der Waals surface area contributed by atoms with Crippen LogP contribution in [0.4, 0.5) is 4.39 Å². The predicted molar refractivity (Wildman–Crippen MR) is 82.9 cm³/mol. The molecule has 2 rings (SSSR count). The van der Waals surface area contributed by atoms with Gasteiger partial charge in [-0.15, -0.1) is 11.3 Å². The van der Waals surface area contributed by atoms with Crippen LogP contribution >= 0.6 is 11.3 Å².